The lowest BCUT2D eigenvalue weighted by molar-refractivity contribution is 0.471. The third-order valence-corrected chi connectivity index (χ3v) is 2.66. The van der Waals surface area contributed by atoms with Crippen LogP contribution >= 0.6 is 34.0 Å². The highest BCUT2D eigenvalue weighted by Crippen LogP contribution is 2.23. The van der Waals surface area contributed by atoms with E-state index in [-0.39, 0.29) is 34.0 Å². The van der Waals surface area contributed by atoms with Gasteiger partial charge < -0.3 is 15.3 Å². The minimum atomic E-state index is 0. The summed E-state index contributed by atoms with van der Waals surface area (Å²) in [6.07, 6.45) is 0. The van der Waals surface area contributed by atoms with E-state index >= 15 is 0 Å². The number of phenolic OH excluding ortho intramolecular Hbond substituents is 1. The van der Waals surface area contributed by atoms with Crippen molar-refractivity contribution in [2.75, 3.05) is 31.1 Å². The molecular weight excluding hydrogens is 336 g/mol. The first-order chi connectivity index (χ1) is 6.77. The Kier molecular flexibility index (Phi) is 7.03. The molecule has 0 aromatic heterocycles. The van der Waals surface area contributed by atoms with Gasteiger partial charge in [-0.05, 0) is 30.7 Å². The van der Waals surface area contributed by atoms with Crippen LogP contribution in [-0.4, -0.2) is 31.3 Å². The molecule has 1 aromatic rings. The maximum absolute atomic E-state index is 9.41. The molecule has 3 nitrogen and oxygen atoms in total. The van der Waals surface area contributed by atoms with Gasteiger partial charge in [0.25, 0.3) is 0 Å². The molecule has 1 saturated heterocycles. The predicted molar refractivity (Wildman–Crippen MR) is 78.6 cm³/mol. The van der Waals surface area contributed by atoms with Gasteiger partial charge >= 0.3 is 0 Å². The Balaban J connectivity index is 0.00000112. The van der Waals surface area contributed by atoms with Crippen LogP contribution in [0.1, 0.15) is 5.56 Å². The van der Waals surface area contributed by atoms with Gasteiger partial charge in [0.05, 0.1) is 0 Å². The molecule has 0 unspecified atom stereocenters. The Morgan fingerprint density at radius 1 is 1.19 bits per heavy atom. The third-order valence-electron chi connectivity index (χ3n) is 2.66. The van der Waals surface area contributed by atoms with Crippen LogP contribution in [0.15, 0.2) is 18.2 Å². The van der Waals surface area contributed by atoms with Gasteiger partial charge in [0, 0.05) is 31.9 Å². The summed E-state index contributed by atoms with van der Waals surface area (Å²) in [5, 5.41) is 12.7. The summed E-state index contributed by atoms with van der Waals surface area (Å²) in [6, 6.07) is 5.79. The number of phenols is 1. The Morgan fingerprint density at radius 2 is 1.81 bits per heavy atom. The van der Waals surface area contributed by atoms with Gasteiger partial charge in [0.15, 0.2) is 0 Å². The number of anilines is 1. The Bertz CT molecular complexity index is 328. The summed E-state index contributed by atoms with van der Waals surface area (Å²) in [7, 11) is 0. The molecule has 0 aliphatic carbocycles. The average molecular weight is 354 g/mol. The first-order valence-corrected chi connectivity index (χ1v) is 5.02. The summed E-state index contributed by atoms with van der Waals surface area (Å²) in [4.78, 5) is 2.34. The van der Waals surface area contributed by atoms with Crippen LogP contribution < -0.4 is 10.2 Å². The highest BCUT2D eigenvalue weighted by Gasteiger charge is 2.10. The smallest absolute Gasteiger partial charge is 0.118 e. The van der Waals surface area contributed by atoms with E-state index in [0.717, 1.165) is 31.7 Å². The second kappa shape index (κ2) is 7.14. The van der Waals surface area contributed by atoms with Gasteiger partial charge in [0.1, 0.15) is 5.75 Å². The van der Waals surface area contributed by atoms with Crippen LogP contribution in [-0.2, 0) is 0 Å². The van der Waals surface area contributed by atoms with E-state index in [1.54, 1.807) is 6.07 Å². The normalized spacial score (nSPS) is 14.9. The first kappa shape index (κ1) is 15.7. The molecule has 0 spiro atoms. The molecule has 1 heterocycles. The Labute approximate surface area is 117 Å². The van der Waals surface area contributed by atoms with Gasteiger partial charge in [-0.3, -0.25) is 0 Å². The third kappa shape index (κ3) is 3.64. The molecule has 92 valence electrons. The molecule has 0 atom stereocenters. The van der Waals surface area contributed by atoms with Crippen molar-refractivity contribution in [2.24, 2.45) is 0 Å². The Morgan fingerprint density at radius 3 is 2.38 bits per heavy atom. The van der Waals surface area contributed by atoms with Crippen molar-refractivity contribution in [1.82, 2.24) is 5.32 Å². The molecule has 2 N–H and O–H groups in total. The fourth-order valence-electron chi connectivity index (χ4n) is 1.76. The van der Waals surface area contributed by atoms with E-state index < -0.39 is 0 Å². The Hall–Kier alpha value is -0.260. The highest BCUT2D eigenvalue weighted by atomic mass is 79.9. The molecule has 0 amide bonds. The highest BCUT2D eigenvalue weighted by molar-refractivity contribution is 8.93. The lowest BCUT2D eigenvalue weighted by Gasteiger charge is -2.29. The number of nitrogens with one attached hydrogen (secondary N) is 1. The topological polar surface area (TPSA) is 35.5 Å². The van der Waals surface area contributed by atoms with Crippen LogP contribution in [0, 0.1) is 6.92 Å². The summed E-state index contributed by atoms with van der Waals surface area (Å²) >= 11 is 0. The van der Waals surface area contributed by atoms with Crippen molar-refractivity contribution < 1.29 is 5.11 Å². The maximum Gasteiger partial charge on any atom is 0.118 e. The number of hydrogen-bond acceptors (Lipinski definition) is 3. The number of nitrogens with zero attached hydrogens (tertiary/aromatic N) is 1. The van der Waals surface area contributed by atoms with E-state index in [1.807, 2.05) is 19.1 Å². The van der Waals surface area contributed by atoms with E-state index in [2.05, 4.69) is 10.2 Å². The summed E-state index contributed by atoms with van der Waals surface area (Å²) in [5.41, 5.74) is 2.16. The van der Waals surface area contributed by atoms with Crippen LogP contribution in [0.4, 0.5) is 5.69 Å². The molecule has 1 aromatic carbocycles. The van der Waals surface area contributed by atoms with Crippen molar-refractivity contribution in [3.63, 3.8) is 0 Å². The molecule has 16 heavy (non-hydrogen) atoms. The summed E-state index contributed by atoms with van der Waals surface area (Å²) in [5.74, 6) is 0.379. The largest absolute Gasteiger partial charge is 0.508 e. The van der Waals surface area contributed by atoms with E-state index in [4.69, 9.17) is 0 Å². The zero-order valence-corrected chi connectivity index (χ0v) is 12.7. The minimum Gasteiger partial charge on any atom is -0.508 e. The van der Waals surface area contributed by atoms with Gasteiger partial charge in [-0.25, -0.2) is 0 Å². The molecule has 1 aliphatic heterocycles. The van der Waals surface area contributed by atoms with Gasteiger partial charge in [0.2, 0.25) is 0 Å². The number of aromatic hydroxyl groups is 1. The molecule has 1 fully saturated rings. The van der Waals surface area contributed by atoms with Crippen molar-refractivity contribution in [3.8, 4) is 5.75 Å². The number of halogens is 2. The van der Waals surface area contributed by atoms with Crippen molar-refractivity contribution in [2.45, 2.75) is 6.92 Å². The fraction of sp³-hybridized carbons (Fsp3) is 0.455. The predicted octanol–water partition coefficient (Wildman–Crippen LogP) is 2.27. The molecule has 0 bridgehead atoms. The SMILES string of the molecule is Br.Br.Cc1cc(N2CCNCC2)ccc1O. The average Bonchev–Trinajstić information content (AvgIpc) is 2.23. The van der Waals surface area contributed by atoms with Crippen molar-refractivity contribution in [1.29, 1.82) is 0 Å². The molecular formula is C11H18Br2N2O. The minimum absolute atomic E-state index is 0. The number of piperazine rings is 1. The summed E-state index contributed by atoms with van der Waals surface area (Å²) in [6.45, 7) is 6.11. The zero-order chi connectivity index (χ0) is 9.97. The van der Waals surface area contributed by atoms with Gasteiger partial charge in [-0.15, -0.1) is 34.0 Å². The van der Waals surface area contributed by atoms with Gasteiger partial charge in [-0.1, -0.05) is 0 Å². The second-order valence-corrected chi connectivity index (χ2v) is 3.71. The van der Waals surface area contributed by atoms with Crippen LogP contribution in [0.25, 0.3) is 0 Å². The number of rotatable bonds is 1. The number of hydrogen-bond donors (Lipinski definition) is 2. The molecule has 1 aliphatic rings. The first-order valence-electron chi connectivity index (χ1n) is 5.02. The van der Waals surface area contributed by atoms with Crippen LogP contribution in [0.5, 0.6) is 5.75 Å². The monoisotopic (exact) mass is 352 g/mol. The fourth-order valence-corrected chi connectivity index (χ4v) is 1.76. The summed E-state index contributed by atoms with van der Waals surface area (Å²) < 4.78 is 0. The van der Waals surface area contributed by atoms with Crippen LogP contribution in [0.2, 0.25) is 0 Å². The quantitative estimate of drug-likeness (QED) is 0.812. The molecule has 0 saturated carbocycles. The lowest BCUT2D eigenvalue weighted by atomic mass is 10.2. The van der Waals surface area contributed by atoms with E-state index in [9.17, 15) is 5.11 Å². The van der Waals surface area contributed by atoms with Crippen molar-refractivity contribution >= 4 is 39.7 Å². The van der Waals surface area contributed by atoms with E-state index in [1.165, 1.54) is 5.69 Å². The zero-order valence-electron chi connectivity index (χ0n) is 9.27. The molecule has 0 radical (unpaired) electrons. The standard InChI is InChI=1S/C11H16N2O.2BrH/c1-9-8-10(2-3-11(9)14)13-6-4-12-5-7-13;;/h2-3,8,12,14H,4-7H2,1H3;2*1H. The number of aryl methyl sites for hydroxylation is 1. The number of benzene rings is 1. The second-order valence-electron chi connectivity index (χ2n) is 3.71. The van der Waals surface area contributed by atoms with E-state index in [0.29, 0.717) is 5.75 Å². The molecule has 5 heteroatoms. The molecule has 2 rings (SSSR count). The lowest BCUT2D eigenvalue weighted by Crippen LogP contribution is -2.43. The van der Waals surface area contributed by atoms with Crippen molar-refractivity contribution in [3.05, 3.63) is 23.8 Å². The maximum atomic E-state index is 9.41. The van der Waals surface area contributed by atoms with Gasteiger partial charge in [-0.2, -0.15) is 0 Å². The van der Waals surface area contributed by atoms with Crippen LogP contribution in [0.3, 0.4) is 0 Å².